The molecule has 0 aromatic rings. The number of hydrogen-bond donors (Lipinski definition) is 1. The Morgan fingerprint density at radius 1 is 0.750 bits per heavy atom. The van der Waals surface area contributed by atoms with E-state index >= 15 is 0 Å². The maximum absolute atomic E-state index is 10.2. The first-order valence-electron chi connectivity index (χ1n) is 7.85. The van der Waals surface area contributed by atoms with Gasteiger partial charge in [-0.15, -0.1) is 0 Å². The molecule has 0 bridgehead atoms. The summed E-state index contributed by atoms with van der Waals surface area (Å²) in [6.07, 6.45) is 14.8. The first kappa shape index (κ1) is 19.8. The monoisotopic (exact) mass is 310 g/mol. The van der Waals surface area contributed by atoms with Gasteiger partial charge in [0, 0.05) is 0 Å². The highest BCUT2D eigenvalue weighted by molar-refractivity contribution is 7.80. The first-order valence-corrected chi connectivity index (χ1v) is 9.21. The van der Waals surface area contributed by atoms with Crippen molar-refractivity contribution in [3.8, 4) is 0 Å². The van der Waals surface area contributed by atoms with E-state index in [1.54, 1.807) is 0 Å². The molecule has 0 aliphatic rings. The summed E-state index contributed by atoms with van der Waals surface area (Å²) in [6.45, 7) is 2.43. The van der Waals surface area contributed by atoms with Gasteiger partial charge in [0.05, 0.1) is 6.61 Å². The van der Waals surface area contributed by atoms with E-state index < -0.39 is 10.4 Å². The van der Waals surface area contributed by atoms with Crippen LogP contribution in [0.5, 0.6) is 0 Å². The van der Waals surface area contributed by atoms with E-state index in [0.29, 0.717) is 0 Å². The van der Waals surface area contributed by atoms with Gasteiger partial charge in [-0.25, -0.2) is 4.89 Å². The molecule has 122 valence electrons. The van der Waals surface area contributed by atoms with Gasteiger partial charge in [0.1, 0.15) is 0 Å². The Morgan fingerprint density at radius 2 is 1.15 bits per heavy atom. The quantitative estimate of drug-likeness (QED) is 0.209. The van der Waals surface area contributed by atoms with Crippen molar-refractivity contribution >= 4 is 10.4 Å². The van der Waals surface area contributed by atoms with Gasteiger partial charge in [0.2, 0.25) is 0 Å². The van der Waals surface area contributed by atoms with E-state index in [1.165, 1.54) is 57.8 Å². The van der Waals surface area contributed by atoms with E-state index in [4.69, 9.17) is 4.55 Å². The molecule has 0 radical (unpaired) electrons. The molecule has 5 nitrogen and oxygen atoms in total. The molecule has 0 heterocycles. The van der Waals surface area contributed by atoms with Crippen molar-refractivity contribution in [1.29, 1.82) is 0 Å². The number of unbranched alkanes of at least 4 members (excludes halogenated alkanes) is 11. The van der Waals surface area contributed by atoms with Crippen LogP contribution in [0.15, 0.2) is 0 Å². The molecule has 0 saturated heterocycles. The third-order valence-corrected chi connectivity index (χ3v) is 3.48. The first-order chi connectivity index (χ1) is 9.56. The summed E-state index contributed by atoms with van der Waals surface area (Å²) in [6, 6.07) is 0. The van der Waals surface area contributed by atoms with Gasteiger partial charge in [0.15, 0.2) is 0 Å². The second kappa shape index (κ2) is 13.8. The van der Waals surface area contributed by atoms with Gasteiger partial charge in [0.25, 0.3) is 0 Å². The zero-order valence-electron chi connectivity index (χ0n) is 12.7. The normalized spacial score (nSPS) is 11.9. The molecule has 0 aliphatic heterocycles. The number of hydrogen-bond acceptors (Lipinski definition) is 4. The molecule has 0 atom stereocenters. The topological polar surface area (TPSA) is 72.8 Å². The van der Waals surface area contributed by atoms with Gasteiger partial charge in [-0.05, 0) is 6.42 Å². The van der Waals surface area contributed by atoms with Crippen molar-refractivity contribution < 1.29 is 22.2 Å². The SMILES string of the molecule is CCCCCCCCCCCCCCOOS(=O)(=O)O. The Hall–Kier alpha value is -0.170. The zero-order valence-corrected chi connectivity index (χ0v) is 13.5. The van der Waals surface area contributed by atoms with Crippen molar-refractivity contribution in [2.24, 2.45) is 0 Å². The third kappa shape index (κ3) is 17.8. The molecule has 0 unspecified atom stereocenters. The van der Waals surface area contributed by atoms with Crippen LogP contribution in [0.25, 0.3) is 0 Å². The van der Waals surface area contributed by atoms with Crippen molar-refractivity contribution in [3.05, 3.63) is 0 Å². The molecular formula is C14H30O5S. The maximum Gasteiger partial charge on any atom is 0.424 e. The summed E-state index contributed by atoms with van der Waals surface area (Å²) in [4.78, 5) is 4.35. The predicted molar refractivity (Wildman–Crippen MR) is 79.7 cm³/mol. The molecule has 0 fully saturated rings. The van der Waals surface area contributed by atoms with Gasteiger partial charge in [-0.2, -0.15) is 8.42 Å². The van der Waals surface area contributed by atoms with E-state index in [9.17, 15) is 8.42 Å². The van der Waals surface area contributed by atoms with Crippen LogP contribution in [0.2, 0.25) is 0 Å². The van der Waals surface area contributed by atoms with E-state index in [2.05, 4.69) is 16.1 Å². The van der Waals surface area contributed by atoms with Gasteiger partial charge in [-0.3, -0.25) is 4.55 Å². The number of rotatable bonds is 15. The molecule has 0 aromatic carbocycles. The van der Waals surface area contributed by atoms with E-state index in [1.807, 2.05) is 0 Å². The van der Waals surface area contributed by atoms with Crippen molar-refractivity contribution in [2.75, 3.05) is 6.61 Å². The van der Waals surface area contributed by atoms with Crippen LogP contribution in [0, 0.1) is 0 Å². The smallest absolute Gasteiger partial charge is 0.262 e. The Kier molecular flexibility index (Phi) is 13.7. The van der Waals surface area contributed by atoms with E-state index in [-0.39, 0.29) is 6.61 Å². The fraction of sp³-hybridized carbons (Fsp3) is 1.00. The lowest BCUT2D eigenvalue weighted by molar-refractivity contribution is -0.208. The fourth-order valence-corrected chi connectivity index (χ4v) is 2.29. The van der Waals surface area contributed by atoms with Gasteiger partial charge in [-0.1, -0.05) is 81.9 Å². The average Bonchev–Trinajstić information content (AvgIpc) is 2.38. The summed E-state index contributed by atoms with van der Waals surface area (Å²) in [5.74, 6) is 0. The summed E-state index contributed by atoms with van der Waals surface area (Å²) in [5.41, 5.74) is 0. The Morgan fingerprint density at radius 3 is 1.55 bits per heavy atom. The highest BCUT2D eigenvalue weighted by Gasteiger charge is 2.04. The van der Waals surface area contributed by atoms with Crippen LogP contribution < -0.4 is 0 Å². The van der Waals surface area contributed by atoms with Crippen LogP contribution in [-0.4, -0.2) is 19.6 Å². The van der Waals surface area contributed by atoms with Crippen LogP contribution in [0.1, 0.15) is 84.0 Å². The Bertz CT molecular complexity index is 290. The minimum Gasteiger partial charge on any atom is -0.262 e. The lowest BCUT2D eigenvalue weighted by atomic mass is 10.1. The fourth-order valence-electron chi connectivity index (χ4n) is 2.10. The lowest BCUT2D eigenvalue weighted by Gasteiger charge is -2.03. The molecule has 0 aromatic heterocycles. The molecule has 0 saturated carbocycles. The molecule has 0 spiro atoms. The van der Waals surface area contributed by atoms with Gasteiger partial charge < -0.3 is 0 Å². The summed E-state index contributed by atoms with van der Waals surface area (Å²) >= 11 is 0. The van der Waals surface area contributed by atoms with Crippen molar-refractivity contribution in [1.82, 2.24) is 0 Å². The summed E-state index contributed by atoms with van der Waals surface area (Å²) in [7, 11) is -4.46. The van der Waals surface area contributed by atoms with E-state index in [0.717, 1.165) is 19.3 Å². The highest BCUT2D eigenvalue weighted by Crippen LogP contribution is 2.11. The predicted octanol–water partition coefficient (Wildman–Crippen LogP) is 4.44. The molecule has 0 amide bonds. The minimum absolute atomic E-state index is 0.192. The third-order valence-electron chi connectivity index (χ3n) is 3.22. The zero-order chi connectivity index (χ0) is 15.1. The van der Waals surface area contributed by atoms with Crippen LogP contribution in [0.3, 0.4) is 0 Å². The standard InChI is InChI=1S/C14H30O5S/c1-2-3-4-5-6-7-8-9-10-11-12-13-14-18-19-20(15,16)17/h2-14H2,1H3,(H,15,16,17). The van der Waals surface area contributed by atoms with Crippen LogP contribution in [-0.2, 0) is 19.6 Å². The summed E-state index contributed by atoms with van der Waals surface area (Å²) < 4.78 is 32.3. The molecular weight excluding hydrogens is 280 g/mol. The van der Waals surface area contributed by atoms with Crippen molar-refractivity contribution in [3.63, 3.8) is 0 Å². The lowest BCUT2D eigenvalue weighted by Crippen LogP contribution is -2.05. The summed E-state index contributed by atoms with van der Waals surface area (Å²) in [5, 5.41) is 0. The Labute approximate surface area is 123 Å². The molecule has 6 heteroatoms. The maximum atomic E-state index is 10.2. The molecule has 0 aliphatic carbocycles. The minimum atomic E-state index is -4.46. The largest absolute Gasteiger partial charge is 0.424 e. The van der Waals surface area contributed by atoms with Crippen LogP contribution in [0.4, 0.5) is 0 Å². The second-order valence-electron chi connectivity index (χ2n) is 5.21. The van der Waals surface area contributed by atoms with Crippen LogP contribution >= 0.6 is 0 Å². The molecule has 20 heavy (non-hydrogen) atoms. The highest BCUT2D eigenvalue weighted by atomic mass is 32.3. The van der Waals surface area contributed by atoms with Gasteiger partial charge >= 0.3 is 10.4 Å². The Balaban J connectivity index is 3.03. The average molecular weight is 310 g/mol. The van der Waals surface area contributed by atoms with Crippen molar-refractivity contribution in [2.45, 2.75) is 84.0 Å². The second-order valence-corrected chi connectivity index (χ2v) is 6.20. The molecule has 0 rings (SSSR count). The molecule has 1 N–H and O–H groups in total.